The maximum Gasteiger partial charge on any atom is 0.258 e. The maximum atomic E-state index is 13.7. The summed E-state index contributed by atoms with van der Waals surface area (Å²) in [5.41, 5.74) is 0.233. The first-order chi connectivity index (χ1) is 11.2. The van der Waals surface area contributed by atoms with Crippen molar-refractivity contribution >= 4 is 23.2 Å². The van der Waals surface area contributed by atoms with Crippen LogP contribution in [0.2, 0.25) is 0 Å². The lowest BCUT2D eigenvalue weighted by molar-refractivity contribution is -0.119. The normalized spacial score (nSPS) is 15.0. The van der Waals surface area contributed by atoms with E-state index in [4.69, 9.17) is 0 Å². The second-order valence-electron chi connectivity index (χ2n) is 6.02. The van der Waals surface area contributed by atoms with Crippen LogP contribution in [0.15, 0.2) is 30.3 Å². The summed E-state index contributed by atoms with van der Waals surface area (Å²) in [4.78, 5) is 24.0. The number of hydrogen-bond donors (Lipinski definition) is 2. The molecular formula is C17H13F3N2O2. The first-order valence-corrected chi connectivity index (χ1v) is 7.12. The molecule has 1 aliphatic rings. The highest BCUT2D eigenvalue weighted by atomic mass is 19.2. The van der Waals surface area contributed by atoms with Crippen LogP contribution < -0.4 is 10.6 Å². The molecule has 0 spiro atoms. The van der Waals surface area contributed by atoms with Gasteiger partial charge in [0, 0.05) is 11.4 Å². The van der Waals surface area contributed by atoms with Gasteiger partial charge in [0.25, 0.3) is 5.91 Å². The minimum atomic E-state index is -1.70. The van der Waals surface area contributed by atoms with Gasteiger partial charge in [-0.15, -0.1) is 0 Å². The summed E-state index contributed by atoms with van der Waals surface area (Å²) < 4.78 is 39.9. The third-order valence-electron chi connectivity index (χ3n) is 4.05. The second-order valence-corrected chi connectivity index (χ2v) is 6.02. The predicted molar refractivity (Wildman–Crippen MR) is 82.4 cm³/mol. The zero-order valence-corrected chi connectivity index (χ0v) is 12.8. The van der Waals surface area contributed by atoms with Crippen LogP contribution in [0.3, 0.4) is 0 Å². The van der Waals surface area contributed by atoms with Gasteiger partial charge >= 0.3 is 0 Å². The van der Waals surface area contributed by atoms with Crippen LogP contribution in [0.5, 0.6) is 0 Å². The number of halogens is 3. The van der Waals surface area contributed by atoms with E-state index in [0.29, 0.717) is 23.0 Å². The zero-order chi connectivity index (χ0) is 17.6. The molecule has 1 heterocycles. The van der Waals surface area contributed by atoms with Crippen molar-refractivity contribution in [3.63, 3.8) is 0 Å². The molecule has 1 aliphatic heterocycles. The summed E-state index contributed by atoms with van der Waals surface area (Å²) in [5.74, 6) is -5.71. The Labute approximate surface area is 135 Å². The lowest BCUT2D eigenvalue weighted by Crippen LogP contribution is -2.27. The Balaban J connectivity index is 1.91. The number of amides is 2. The quantitative estimate of drug-likeness (QED) is 0.825. The molecule has 0 saturated carbocycles. The molecule has 2 amide bonds. The standard InChI is InChI=1S/C17H13F3N2O2/c1-17(2)10-7-8(3-6-12(10)22-16(17)24)21-15(23)9-4-5-11(18)14(20)13(9)19/h3-7H,1-2H3,(H,21,23)(H,22,24). The Kier molecular flexibility index (Phi) is 3.59. The number of nitrogens with one attached hydrogen (secondary N) is 2. The monoisotopic (exact) mass is 334 g/mol. The van der Waals surface area contributed by atoms with E-state index in [2.05, 4.69) is 10.6 Å². The molecule has 0 aliphatic carbocycles. The van der Waals surface area contributed by atoms with E-state index in [1.54, 1.807) is 26.0 Å². The number of carbonyl (C=O) groups excluding carboxylic acids is 2. The molecule has 0 unspecified atom stereocenters. The molecule has 7 heteroatoms. The van der Waals surface area contributed by atoms with Gasteiger partial charge in [0.05, 0.1) is 11.0 Å². The zero-order valence-electron chi connectivity index (χ0n) is 12.8. The summed E-state index contributed by atoms with van der Waals surface area (Å²) in [6, 6.07) is 6.27. The van der Waals surface area contributed by atoms with Gasteiger partial charge in [-0.25, -0.2) is 13.2 Å². The SMILES string of the molecule is CC1(C)C(=O)Nc2ccc(NC(=O)c3ccc(F)c(F)c3F)cc21. The highest BCUT2D eigenvalue weighted by molar-refractivity contribution is 6.08. The van der Waals surface area contributed by atoms with Crippen LogP contribution in [0.1, 0.15) is 29.8 Å². The smallest absolute Gasteiger partial charge is 0.258 e. The molecule has 4 nitrogen and oxygen atoms in total. The van der Waals surface area contributed by atoms with Crippen LogP contribution in [0, 0.1) is 17.5 Å². The Morgan fingerprint density at radius 1 is 1.08 bits per heavy atom. The van der Waals surface area contributed by atoms with E-state index in [-0.39, 0.29) is 5.91 Å². The van der Waals surface area contributed by atoms with Crippen molar-refractivity contribution in [3.05, 3.63) is 58.9 Å². The maximum absolute atomic E-state index is 13.7. The second kappa shape index (κ2) is 5.36. The fourth-order valence-electron chi connectivity index (χ4n) is 2.55. The van der Waals surface area contributed by atoms with Crippen LogP contribution in [-0.2, 0) is 10.2 Å². The molecule has 0 radical (unpaired) electrons. The summed E-state index contributed by atoms with van der Waals surface area (Å²) in [6.45, 7) is 3.46. The number of rotatable bonds is 2. The fourth-order valence-corrected chi connectivity index (χ4v) is 2.55. The van der Waals surface area contributed by atoms with Gasteiger partial charge in [-0.05, 0) is 49.7 Å². The number of fused-ring (bicyclic) bond motifs is 1. The van der Waals surface area contributed by atoms with Gasteiger partial charge < -0.3 is 10.6 Å². The van der Waals surface area contributed by atoms with Gasteiger partial charge in [0.15, 0.2) is 17.5 Å². The Hall–Kier alpha value is -2.83. The first kappa shape index (κ1) is 16.0. The Morgan fingerprint density at radius 2 is 1.79 bits per heavy atom. The Morgan fingerprint density at radius 3 is 2.50 bits per heavy atom. The summed E-state index contributed by atoms with van der Waals surface area (Å²) in [6.07, 6.45) is 0. The third kappa shape index (κ3) is 2.42. The molecule has 0 aromatic heterocycles. The minimum absolute atomic E-state index is 0.173. The highest BCUT2D eigenvalue weighted by Crippen LogP contribution is 2.38. The van der Waals surface area contributed by atoms with Crippen molar-refractivity contribution in [1.29, 1.82) is 0 Å². The van der Waals surface area contributed by atoms with Crippen molar-refractivity contribution < 1.29 is 22.8 Å². The van der Waals surface area contributed by atoms with Crippen molar-refractivity contribution in [2.24, 2.45) is 0 Å². The predicted octanol–water partition coefficient (Wildman–Crippen LogP) is 3.59. The van der Waals surface area contributed by atoms with E-state index in [1.165, 1.54) is 6.07 Å². The van der Waals surface area contributed by atoms with E-state index >= 15 is 0 Å². The molecule has 0 bridgehead atoms. The van der Waals surface area contributed by atoms with Gasteiger partial charge in [-0.1, -0.05) is 0 Å². The number of anilines is 2. The van der Waals surface area contributed by atoms with Crippen LogP contribution in [0.25, 0.3) is 0 Å². The van der Waals surface area contributed by atoms with Crippen LogP contribution >= 0.6 is 0 Å². The van der Waals surface area contributed by atoms with Crippen LogP contribution in [-0.4, -0.2) is 11.8 Å². The van der Waals surface area contributed by atoms with Crippen molar-refractivity contribution in [3.8, 4) is 0 Å². The molecule has 2 N–H and O–H groups in total. The summed E-state index contributed by atoms with van der Waals surface area (Å²) in [5, 5.41) is 5.14. The number of carbonyl (C=O) groups is 2. The Bertz CT molecular complexity index is 878. The van der Waals surface area contributed by atoms with Gasteiger partial charge in [-0.3, -0.25) is 9.59 Å². The summed E-state index contributed by atoms with van der Waals surface area (Å²) in [7, 11) is 0. The average molecular weight is 334 g/mol. The summed E-state index contributed by atoms with van der Waals surface area (Å²) >= 11 is 0. The topological polar surface area (TPSA) is 58.2 Å². The lowest BCUT2D eigenvalue weighted by atomic mass is 9.86. The van der Waals surface area contributed by atoms with Crippen LogP contribution in [0.4, 0.5) is 24.5 Å². The molecule has 0 atom stereocenters. The molecule has 0 fully saturated rings. The van der Waals surface area contributed by atoms with E-state index < -0.39 is 34.3 Å². The van der Waals surface area contributed by atoms with E-state index in [0.717, 1.165) is 6.07 Å². The molecule has 124 valence electrons. The average Bonchev–Trinajstić information content (AvgIpc) is 2.75. The van der Waals surface area contributed by atoms with E-state index in [1.807, 2.05) is 0 Å². The fraction of sp³-hybridized carbons (Fsp3) is 0.176. The molecule has 2 aromatic rings. The molecule has 0 saturated heterocycles. The van der Waals surface area contributed by atoms with Gasteiger partial charge in [-0.2, -0.15) is 0 Å². The van der Waals surface area contributed by atoms with Crippen molar-refractivity contribution in [2.75, 3.05) is 10.6 Å². The molecular weight excluding hydrogens is 321 g/mol. The first-order valence-electron chi connectivity index (χ1n) is 7.12. The lowest BCUT2D eigenvalue weighted by Gasteiger charge is -2.16. The minimum Gasteiger partial charge on any atom is -0.325 e. The molecule has 3 rings (SSSR count). The van der Waals surface area contributed by atoms with Crippen molar-refractivity contribution in [2.45, 2.75) is 19.3 Å². The molecule has 24 heavy (non-hydrogen) atoms. The van der Waals surface area contributed by atoms with E-state index in [9.17, 15) is 22.8 Å². The third-order valence-corrected chi connectivity index (χ3v) is 4.05. The van der Waals surface area contributed by atoms with Gasteiger partial charge in [0.2, 0.25) is 5.91 Å². The largest absolute Gasteiger partial charge is 0.325 e. The van der Waals surface area contributed by atoms with Gasteiger partial charge in [0.1, 0.15) is 0 Å². The highest BCUT2D eigenvalue weighted by Gasteiger charge is 2.38. The number of hydrogen-bond acceptors (Lipinski definition) is 2. The number of benzene rings is 2. The van der Waals surface area contributed by atoms with Crippen molar-refractivity contribution in [1.82, 2.24) is 0 Å². The molecule has 2 aromatic carbocycles.